The third kappa shape index (κ3) is 4.31. The van der Waals surface area contributed by atoms with Gasteiger partial charge in [0.2, 0.25) is 0 Å². The van der Waals surface area contributed by atoms with E-state index in [1.54, 1.807) is 0 Å². The van der Waals surface area contributed by atoms with Crippen LogP contribution in [0.3, 0.4) is 0 Å². The molecular formula is C14H26O4. The molecule has 0 radical (unpaired) electrons. The van der Waals surface area contributed by atoms with Crippen LogP contribution in [0, 0.1) is 17.3 Å². The average molecular weight is 258 g/mol. The summed E-state index contributed by atoms with van der Waals surface area (Å²) >= 11 is 0. The van der Waals surface area contributed by atoms with Crippen molar-refractivity contribution in [1.82, 2.24) is 0 Å². The predicted octanol–water partition coefficient (Wildman–Crippen LogP) is 3.40. The van der Waals surface area contributed by atoms with Crippen LogP contribution in [0.25, 0.3) is 0 Å². The van der Waals surface area contributed by atoms with E-state index in [4.69, 9.17) is 5.11 Å². The number of hydrogen-bond acceptors (Lipinski definition) is 2. The van der Waals surface area contributed by atoms with Crippen molar-refractivity contribution in [2.45, 2.75) is 59.8 Å². The first-order chi connectivity index (χ1) is 8.25. The quantitative estimate of drug-likeness (QED) is 0.621. The van der Waals surface area contributed by atoms with E-state index in [9.17, 15) is 14.7 Å². The molecule has 0 unspecified atom stereocenters. The van der Waals surface area contributed by atoms with E-state index in [2.05, 4.69) is 0 Å². The molecule has 0 saturated heterocycles. The van der Waals surface area contributed by atoms with Gasteiger partial charge in [-0.2, -0.15) is 0 Å². The highest BCUT2D eigenvalue weighted by Gasteiger charge is 2.43. The van der Waals surface area contributed by atoms with Crippen LogP contribution < -0.4 is 0 Å². The lowest BCUT2D eigenvalue weighted by atomic mass is 9.66. The van der Waals surface area contributed by atoms with Crippen molar-refractivity contribution >= 4 is 11.9 Å². The van der Waals surface area contributed by atoms with Crippen LogP contribution in [0.15, 0.2) is 0 Å². The van der Waals surface area contributed by atoms with Crippen molar-refractivity contribution in [3.63, 3.8) is 0 Å². The SMILES string of the molecule is CC(C)C(CCCCCC(=O)O)(C(=O)O)C(C)C. The highest BCUT2D eigenvalue weighted by molar-refractivity contribution is 5.75. The van der Waals surface area contributed by atoms with Crippen LogP contribution >= 0.6 is 0 Å². The molecule has 106 valence electrons. The lowest BCUT2D eigenvalue weighted by Crippen LogP contribution is -2.41. The van der Waals surface area contributed by atoms with Gasteiger partial charge < -0.3 is 10.2 Å². The Bertz CT molecular complexity index is 274. The smallest absolute Gasteiger partial charge is 0.310 e. The summed E-state index contributed by atoms with van der Waals surface area (Å²) in [6, 6.07) is 0. The third-order valence-electron chi connectivity index (χ3n) is 3.94. The minimum Gasteiger partial charge on any atom is -0.481 e. The molecule has 0 bridgehead atoms. The maximum atomic E-state index is 11.6. The largest absolute Gasteiger partial charge is 0.481 e. The molecule has 0 saturated carbocycles. The van der Waals surface area contributed by atoms with Crippen LogP contribution in [0.4, 0.5) is 0 Å². The maximum absolute atomic E-state index is 11.6. The molecule has 2 N–H and O–H groups in total. The lowest BCUT2D eigenvalue weighted by Gasteiger charge is -2.37. The Morgan fingerprint density at radius 1 is 0.944 bits per heavy atom. The topological polar surface area (TPSA) is 74.6 Å². The first-order valence-corrected chi connectivity index (χ1v) is 6.70. The standard InChI is InChI=1S/C14H26O4/c1-10(2)14(11(3)4,13(17)18)9-7-5-6-8-12(15)16/h10-11H,5-9H2,1-4H3,(H,15,16)(H,17,18). The summed E-state index contributed by atoms with van der Waals surface area (Å²) in [6.45, 7) is 7.80. The summed E-state index contributed by atoms with van der Waals surface area (Å²) in [6.07, 6.45) is 2.97. The molecule has 0 aromatic rings. The van der Waals surface area contributed by atoms with Crippen LogP contribution in [0.2, 0.25) is 0 Å². The van der Waals surface area contributed by atoms with Gasteiger partial charge in [0.15, 0.2) is 0 Å². The van der Waals surface area contributed by atoms with E-state index in [1.807, 2.05) is 27.7 Å². The molecule has 0 aliphatic rings. The van der Waals surface area contributed by atoms with Crippen molar-refractivity contribution in [2.24, 2.45) is 17.3 Å². The zero-order valence-electron chi connectivity index (χ0n) is 11.9. The molecule has 0 rings (SSSR count). The molecule has 0 aliphatic heterocycles. The number of rotatable bonds is 9. The Balaban J connectivity index is 4.43. The van der Waals surface area contributed by atoms with Gasteiger partial charge in [-0.15, -0.1) is 0 Å². The molecule has 0 heterocycles. The van der Waals surface area contributed by atoms with Crippen molar-refractivity contribution in [1.29, 1.82) is 0 Å². The van der Waals surface area contributed by atoms with E-state index in [-0.39, 0.29) is 18.3 Å². The fraction of sp³-hybridized carbons (Fsp3) is 0.857. The van der Waals surface area contributed by atoms with Gasteiger partial charge in [-0.05, 0) is 24.7 Å². The monoisotopic (exact) mass is 258 g/mol. The predicted molar refractivity (Wildman–Crippen MR) is 70.5 cm³/mol. The van der Waals surface area contributed by atoms with Crippen LogP contribution in [0.5, 0.6) is 0 Å². The second-order valence-electron chi connectivity index (χ2n) is 5.61. The molecule has 0 aliphatic carbocycles. The normalized spacial score (nSPS) is 12.1. The Morgan fingerprint density at radius 2 is 1.44 bits per heavy atom. The van der Waals surface area contributed by atoms with Gasteiger partial charge in [-0.25, -0.2) is 0 Å². The van der Waals surface area contributed by atoms with Crippen LogP contribution in [-0.4, -0.2) is 22.2 Å². The van der Waals surface area contributed by atoms with Crippen molar-refractivity contribution in [2.75, 3.05) is 0 Å². The summed E-state index contributed by atoms with van der Waals surface area (Å²) in [5, 5.41) is 18.1. The summed E-state index contributed by atoms with van der Waals surface area (Å²) < 4.78 is 0. The number of carboxylic acids is 2. The van der Waals surface area contributed by atoms with Gasteiger partial charge >= 0.3 is 11.9 Å². The molecular weight excluding hydrogens is 232 g/mol. The number of unbranched alkanes of at least 4 members (excludes halogenated alkanes) is 2. The minimum atomic E-state index is -0.785. The minimum absolute atomic E-state index is 0.0782. The van der Waals surface area contributed by atoms with Gasteiger partial charge in [0, 0.05) is 6.42 Å². The number of carboxylic acid groups (broad SMARTS) is 2. The highest BCUT2D eigenvalue weighted by atomic mass is 16.4. The Labute approximate surface area is 109 Å². The van der Waals surface area contributed by atoms with Crippen molar-refractivity contribution < 1.29 is 19.8 Å². The molecule has 0 amide bonds. The number of aliphatic carboxylic acids is 2. The first-order valence-electron chi connectivity index (χ1n) is 6.70. The Hall–Kier alpha value is -1.06. The van der Waals surface area contributed by atoms with Gasteiger partial charge in [0.1, 0.15) is 0 Å². The van der Waals surface area contributed by atoms with E-state index in [0.717, 1.165) is 12.8 Å². The maximum Gasteiger partial charge on any atom is 0.310 e. The molecule has 4 heteroatoms. The number of carbonyl (C=O) groups is 2. The van der Waals surface area contributed by atoms with E-state index in [0.29, 0.717) is 12.8 Å². The van der Waals surface area contributed by atoms with E-state index in [1.165, 1.54) is 0 Å². The zero-order valence-corrected chi connectivity index (χ0v) is 11.9. The Kier molecular flexibility index (Phi) is 6.96. The number of hydrogen-bond donors (Lipinski definition) is 2. The fourth-order valence-electron chi connectivity index (χ4n) is 2.72. The van der Waals surface area contributed by atoms with Crippen LogP contribution in [0.1, 0.15) is 59.8 Å². The molecule has 4 nitrogen and oxygen atoms in total. The van der Waals surface area contributed by atoms with Crippen LogP contribution in [-0.2, 0) is 9.59 Å². The van der Waals surface area contributed by atoms with Gasteiger partial charge in [0.05, 0.1) is 5.41 Å². The summed E-state index contributed by atoms with van der Waals surface area (Å²) in [7, 11) is 0. The molecule has 0 atom stereocenters. The summed E-state index contributed by atoms with van der Waals surface area (Å²) in [5.74, 6) is -1.36. The second-order valence-corrected chi connectivity index (χ2v) is 5.61. The van der Waals surface area contributed by atoms with Crippen molar-refractivity contribution in [3.05, 3.63) is 0 Å². The lowest BCUT2D eigenvalue weighted by molar-refractivity contribution is -0.156. The highest BCUT2D eigenvalue weighted by Crippen LogP contribution is 2.41. The first kappa shape index (κ1) is 16.9. The van der Waals surface area contributed by atoms with Gasteiger partial charge in [0.25, 0.3) is 0 Å². The molecule has 0 spiro atoms. The fourth-order valence-corrected chi connectivity index (χ4v) is 2.72. The molecule has 18 heavy (non-hydrogen) atoms. The van der Waals surface area contributed by atoms with E-state index < -0.39 is 17.4 Å². The molecule has 0 fully saturated rings. The third-order valence-corrected chi connectivity index (χ3v) is 3.94. The Morgan fingerprint density at radius 3 is 1.78 bits per heavy atom. The second kappa shape index (κ2) is 7.39. The molecule has 0 aromatic heterocycles. The summed E-state index contributed by atoms with van der Waals surface area (Å²) in [4.78, 5) is 22.0. The van der Waals surface area contributed by atoms with E-state index >= 15 is 0 Å². The zero-order chi connectivity index (χ0) is 14.3. The van der Waals surface area contributed by atoms with Gasteiger partial charge in [-0.3, -0.25) is 9.59 Å². The average Bonchev–Trinajstić information content (AvgIpc) is 2.20. The van der Waals surface area contributed by atoms with Gasteiger partial charge in [-0.1, -0.05) is 40.5 Å². The summed E-state index contributed by atoms with van der Waals surface area (Å²) in [5.41, 5.74) is -0.691. The van der Waals surface area contributed by atoms with Crippen molar-refractivity contribution in [3.8, 4) is 0 Å². The molecule has 0 aromatic carbocycles.